The highest BCUT2D eigenvalue weighted by atomic mass is 19.2. The highest BCUT2D eigenvalue weighted by molar-refractivity contribution is 6.04. The number of hydrogen-bond donors (Lipinski definition) is 2. The Morgan fingerprint density at radius 2 is 1.91 bits per heavy atom. The second-order valence-electron chi connectivity index (χ2n) is 4.72. The largest absolute Gasteiger partial charge is 0.345 e. The number of carbonyl (C=O) groups is 1. The van der Waals surface area contributed by atoms with E-state index in [1.807, 2.05) is 0 Å². The van der Waals surface area contributed by atoms with Gasteiger partial charge < -0.3 is 10.3 Å². The van der Waals surface area contributed by atoms with Crippen LogP contribution in [0.2, 0.25) is 0 Å². The normalized spacial score (nSPS) is 10.6. The highest BCUT2D eigenvalue weighted by Gasteiger charge is 2.19. The van der Waals surface area contributed by atoms with Gasteiger partial charge in [-0.2, -0.15) is 0 Å². The number of aromatic nitrogens is 2. The van der Waals surface area contributed by atoms with Gasteiger partial charge in [-0.1, -0.05) is 12.1 Å². The number of benzene rings is 2. The van der Waals surface area contributed by atoms with Crippen molar-refractivity contribution in [2.24, 2.45) is 0 Å². The topological polar surface area (TPSA) is 57.8 Å². The molecule has 0 aliphatic heterocycles. The molecule has 0 saturated carbocycles. The Bertz CT molecular complexity index is 863. The van der Waals surface area contributed by atoms with Gasteiger partial charge >= 0.3 is 0 Å². The lowest BCUT2D eigenvalue weighted by molar-refractivity contribution is 0.102. The molecule has 7 heteroatoms. The average Bonchev–Trinajstić information content (AvgIpc) is 3.07. The molecule has 23 heavy (non-hydrogen) atoms. The van der Waals surface area contributed by atoms with Crippen LogP contribution in [0.25, 0.3) is 11.3 Å². The lowest BCUT2D eigenvalue weighted by Crippen LogP contribution is -2.15. The van der Waals surface area contributed by atoms with E-state index in [9.17, 15) is 18.0 Å². The van der Waals surface area contributed by atoms with Crippen LogP contribution in [-0.2, 0) is 0 Å². The first-order valence-corrected chi connectivity index (χ1v) is 6.60. The molecule has 4 nitrogen and oxygen atoms in total. The molecule has 1 amide bonds. The van der Waals surface area contributed by atoms with Gasteiger partial charge in [0.2, 0.25) is 0 Å². The second-order valence-corrected chi connectivity index (χ2v) is 4.72. The monoisotopic (exact) mass is 317 g/mol. The molecule has 116 valence electrons. The van der Waals surface area contributed by atoms with Crippen LogP contribution >= 0.6 is 0 Å². The number of nitrogens with zero attached hydrogens (tertiary/aromatic N) is 1. The molecule has 0 saturated heterocycles. The van der Waals surface area contributed by atoms with E-state index >= 15 is 0 Å². The van der Waals surface area contributed by atoms with Crippen LogP contribution in [0.4, 0.5) is 18.9 Å². The summed E-state index contributed by atoms with van der Waals surface area (Å²) in [6.45, 7) is 0. The quantitative estimate of drug-likeness (QED) is 0.723. The highest BCUT2D eigenvalue weighted by Crippen LogP contribution is 2.21. The molecule has 0 aliphatic carbocycles. The van der Waals surface area contributed by atoms with Crippen molar-refractivity contribution < 1.29 is 18.0 Å². The van der Waals surface area contributed by atoms with Gasteiger partial charge in [0.15, 0.2) is 17.5 Å². The lowest BCUT2D eigenvalue weighted by Gasteiger charge is -2.08. The van der Waals surface area contributed by atoms with E-state index < -0.39 is 28.9 Å². The number of anilines is 1. The van der Waals surface area contributed by atoms with Crippen LogP contribution in [0.5, 0.6) is 0 Å². The number of H-pyrrole nitrogens is 1. The van der Waals surface area contributed by atoms with Crippen LogP contribution in [-0.4, -0.2) is 15.9 Å². The fourth-order valence-electron chi connectivity index (χ4n) is 2.08. The maximum Gasteiger partial charge on any atom is 0.258 e. The summed E-state index contributed by atoms with van der Waals surface area (Å²) in [7, 11) is 0. The summed E-state index contributed by atoms with van der Waals surface area (Å²) >= 11 is 0. The number of amides is 1. The zero-order valence-electron chi connectivity index (χ0n) is 11.6. The predicted molar refractivity (Wildman–Crippen MR) is 78.3 cm³/mol. The molecule has 3 rings (SSSR count). The first-order valence-electron chi connectivity index (χ1n) is 6.60. The molecule has 0 spiro atoms. The van der Waals surface area contributed by atoms with Gasteiger partial charge in [0.25, 0.3) is 5.91 Å². The summed E-state index contributed by atoms with van der Waals surface area (Å²) in [5.41, 5.74) is 1.30. The van der Waals surface area contributed by atoms with E-state index in [0.29, 0.717) is 11.8 Å². The van der Waals surface area contributed by atoms with E-state index in [2.05, 4.69) is 15.3 Å². The van der Waals surface area contributed by atoms with E-state index in [-0.39, 0.29) is 0 Å². The van der Waals surface area contributed by atoms with Crippen LogP contribution in [0, 0.1) is 17.5 Å². The summed E-state index contributed by atoms with van der Waals surface area (Å²) in [6.07, 6.45) is 3.12. The third-order valence-electron chi connectivity index (χ3n) is 3.21. The van der Waals surface area contributed by atoms with Gasteiger partial charge in [0.1, 0.15) is 0 Å². The van der Waals surface area contributed by atoms with Gasteiger partial charge in [-0.05, 0) is 24.3 Å². The molecule has 0 fully saturated rings. The molecular formula is C16H10F3N3O. The van der Waals surface area contributed by atoms with Crippen molar-refractivity contribution in [1.29, 1.82) is 0 Å². The van der Waals surface area contributed by atoms with Gasteiger partial charge in [-0.25, -0.2) is 18.2 Å². The summed E-state index contributed by atoms with van der Waals surface area (Å²) in [4.78, 5) is 18.8. The summed E-state index contributed by atoms with van der Waals surface area (Å²) in [6, 6.07) is 8.31. The zero-order valence-corrected chi connectivity index (χ0v) is 11.6. The third kappa shape index (κ3) is 2.94. The maximum absolute atomic E-state index is 13.6. The molecule has 2 aromatic carbocycles. The van der Waals surface area contributed by atoms with Crippen molar-refractivity contribution >= 4 is 11.6 Å². The fourth-order valence-corrected chi connectivity index (χ4v) is 2.08. The first kappa shape index (κ1) is 14.8. The van der Waals surface area contributed by atoms with Gasteiger partial charge in [-0.3, -0.25) is 4.79 Å². The Morgan fingerprint density at radius 1 is 1.09 bits per heavy atom. The standard InChI is InChI=1S/C16H10F3N3O/c17-12-5-4-11(14(18)15(12)19)16(23)22-10-3-1-2-9(6-10)13-7-20-8-21-13/h1-8H,(H,20,21)(H,22,23). The minimum atomic E-state index is -1.68. The second kappa shape index (κ2) is 5.96. The van der Waals surface area contributed by atoms with Gasteiger partial charge in [0.05, 0.1) is 23.8 Å². The fraction of sp³-hybridized carbons (Fsp3) is 0. The number of aromatic amines is 1. The number of rotatable bonds is 3. The summed E-state index contributed by atoms with van der Waals surface area (Å²) in [5, 5.41) is 2.45. The van der Waals surface area contributed by atoms with Crippen molar-refractivity contribution in [2.45, 2.75) is 0 Å². The van der Waals surface area contributed by atoms with Gasteiger partial charge in [0, 0.05) is 11.3 Å². The molecular weight excluding hydrogens is 307 g/mol. The molecule has 1 aromatic heterocycles. The number of imidazole rings is 1. The van der Waals surface area contributed by atoms with E-state index in [0.717, 1.165) is 17.3 Å². The molecule has 0 atom stereocenters. The first-order chi connectivity index (χ1) is 11.1. The SMILES string of the molecule is O=C(Nc1cccc(-c2cnc[nH]2)c1)c1ccc(F)c(F)c1F. The average molecular weight is 317 g/mol. The Balaban J connectivity index is 1.86. The van der Waals surface area contributed by atoms with Crippen LogP contribution in [0.3, 0.4) is 0 Å². The van der Waals surface area contributed by atoms with E-state index in [1.54, 1.807) is 30.5 Å². The Hall–Kier alpha value is -3.09. The number of halogens is 3. The van der Waals surface area contributed by atoms with Crippen LogP contribution < -0.4 is 5.32 Å². The number of hydrogen-bond acceptors (Lipinski definition) is 2. The van der Waals surface area contributed by atoms with E-state index in [1.165, 1.54) is 6.33 Å². The molecule has 3 aromatic rings. The molecule has 1 heterocycles. The lowest BCUT2D eigenvalue weighted by atomic mass is 10.1. The Labute approximate surface area is 129 Å². The molecule has 0 aliphatic rings. The van der Waals surface area contributed by atoms with E-state index in [4.69, 9.17) is 0 Å². The minimum absolute atomic E-state index is 0.381. The summed E-state index contributed by atoms with van der Waals surface area (Å²) in [5.74, 6) is -5.42. The predicted octanol–water partition coefficient (Wildman–Crippen LogP) is 3.75. The van der Waals surface area contributed by atoms with Crippen molar-refractivity contribution in [3.63, 3.8) is 0 Å². The smallest absolute Gasteiger partial charge is 0.258 e. The van der Waals surface area contributed by atoms with Crippen molar-refractivity contribution in [1.82, 2.24) is 9.97 Å². The Kier molecular flexibility index (Phi) is 3.84. The Morgan fingerprint density at radius 3 is 2.65 bits per heavy atom. The van der Waals surface area contributed by atoms with Crippen LogP contribution in [0.15, 0.2) is 48.9 Å². The molecule has 0 unspecified atom stereocenters. The molecule has 2 N–H and O–H groups in total. The molecule has 0 bridgehead atoms. The van der Waals surface area contributed by atoms with Crippen molar-refractivity contribution in [3.8, 4) is 11.3 Å². The van der Waals surface area contributed by atoms with Crippen LogP contribution in [0.1, 0.15) is 10.4 Å². The number of nitrogens with one attached hydrogen (secondary N) is 2. The third-order valence-corrected chi connectivity index (χ3v) is 3.21. The van der Waals surface area contributed by atoms with Gasteiger partial charge in [-0.15, -0.1) is 0 Å². The van der Waals surface area contributed by atoms with Crippen molar-refractivity contribution in [3.05, 3.63) is 71.9 Å². The summed E-state index contributed by atoms with van der Waals surface area (Å²) < 4.78 is 39.7. The molecule has 0 radical (unpaired) electrons. The minimum Gasteiger partial charge on any atom is -0.345 e. The maximum atomic E-state index is 13.6. The van der Waals surface area contributed by atoms with Crippen molar-refractivity contribution in [2.75, 3.05) is 5.32 Å². The zero-order chi connectivity index (χ0) is 16.4. The number of carbonyl (C=O) groups excluding carboxylic acids is 1.